The SMILES string of the molecule is CCN(CC)[C@@H]1CCCC[C@H]1NC(=O)c1ccc(NS(C)(=O)=O)cc1. The maximum Gasteiger partial charge on any atom is 0.251 e. The third-order valence-corrected chi connectivity index (χ3v) is 5.38. The summed E-state index contributed by atoms with van der Waals surface area (Å²) in [5.41, 5.74) is 1.00. The van der Waals surface area contributed by atoms with Crippen LogP contribution in [0.25, 0.3) is 0 Å². The first-order chi connectivity index (χ1) is 11.8. The summed E-state index contributed by atoms with van der Waals surface area (Å²) >= 11 is 0. The minimum Gasteiger partial charge on any atom is -0.348 e. The average Bonchev–Trinajstić information content (AvgIpc) is 2.56. The van der Waals surface area contributed by atoms with E-state index < -0.39 is 10.0 Å². The lowest BCUT2D eigenvalue weighted by molar-refractivity contribution is 0.0846. The van der Waals surface area contributed by atoms with Gasteiger partial charge in [0.05, 0.1) is 6.26 Å². The van der Waals surface area contributed by atoms with Crippen molar-refractivity contribution in [3.05, 3.63) is 29.8 Å². The Hall–Kier alpha value is -1.60. The Morgan fingerprint density at radius 1 is 1.12 bits per heavy atom. The van der Waals surface area contributed by atoms with Crippen molar-refractivity contribution in [3.63, 3.8) is 0 Å². The minimum absolute atomic E-state index is 0.102. The molecule has 2 rings (SSSR count). The molecule has 0 spiro atoms. The number of carbonyl (C=O) groups is 1. The van der Waals surface area contributed by atoms with Gasteiger partial charge in [0, 0.05) is 23.3 Å². The normalized spacial score (nSPS) is 21.1. The van der Waals surface area contributed by atoms with Crippen LogP contribution in [0.2, 0.25) is 0 Å². The Kier molecular flexibility index (Phi) is 6.84. The van der Waals surface area contributed by atoms with Crippen molar-refractivity contribution in [1.29, 1.82) is 0 Å². The average molecular weight is 368 g/mol. The molecule has 0 unspecified atom stereocenters. The first-order valence-corrected chi connectivity index (χ1v) is 10.9. The van der Waals surface area contributed by atoms with Crippen molar-refractivity contribution >= 4 is 21.6 Å². The van der Waals surface area contributed by atoms with Gasteiger partial charge in [-0.15, -0.1) is 0 Å². The number of nitrogens with zero attached hydrogens (tertiary/aromatic N) is 1. The predicted octanol–water partition coefficient (Wildman–Crippen LogP) is 2.44. The van der Waals surface area contributed by atoms with E-state index in [0.717, 1.165) is 38.6 Å². The number of rotatable bonds is 7. The number of hydrogen-bond acceptors (Lipinski definition) is 4. The van der Waals surface area contributed by atoms with Crippen molar-refractivity contribution in [2.24, 2.45) is 0 Å². The van der Waals surface area contributed by atoms with Gasteiger partial charge in [0.2, 0.25) is 10.0 Å². The Labute approximate surface area is 151 Å². The van der Waals surface area contributed by atoms with Gasteiger partial charge in [-0.05, 0) is 50.2 Å². The first-order valence-electron chi connectivity index (χ1n) is 8.96. The van der Waals surface area contributed by atoms with Crippen molar-refractivity contribution < 1.29 is 13.2 Å². The number of hydrogen-bond donors (Lipinski definition) is 2. The summed E-state index contributed by atoms with van der Waals surface area (Å²) in [5.74, 6) is -0.102. The molecule has 2 atom stereocenters. The summed E-state index contributed by atoms with van der Waals surface area (Å²) in [7, 11) is -3.31. The fraction of sp³-hybridized carbons (Fsp3) is 0.611. The molecule has 0 radical (unpaired) electrons. The maximum absolute atomic E-state index is 12.6. The molecule has 1 amide bonds. The molecule has 6 nitrogen and oxygen atoms in total. The molecule has 0 bridgehead atoms. The van der Waals surface area contributed by atoms with E-state index in [4.69, 9.17) is 0 Å². The largest absolute Gasteiger partial charge is 0.348 e. The summed E-state index contributed by atoms with van der Waals surface area (Å²) in [4.78, 5) is 15.0. The van der Waals surface area contributed by atoms with Gasteiger partial charge in [-0.25, -0.2) is 8.42 Å². The molecule has 1 fully saturated rings. The van der Waals surface area contributed by atoms with Gasteiger partial charge in [-0.2, -0.15) is 0 Å². The molecule has 1 aliphatic carbocycles. The molecular formula is C18H29N3O3S. The smallest absolute Gasteiger partial charge is 0.251 e. The second-order valence-corrected chi connectivity index (χ2v) is 8.35. The highest BCUT2D eigenvalue weighted by molar-refractivity contribution is 7.92. The van der Waals surface area contributed by atoms with Crippen LogP contribution in [0.15, 0.2) is 24.3 Å². The van der Waals surface area contributed by atoms with E-state index in [1.807, 2.05) is 0 Å². The summed E-state index contributed by atoms with van der Waals surface area (Å²) in [6.07, 6.45) is 5.56. The van der Waals surface area contributed by atoms with E-state index >= 15 is 0 Å². The Morgan fingerprint density at radius 2 is 1.72 bits per heavy atom. The zero-order valence-electron chi connectivity index (χ0n) is 15.3. The van der Waals surface area contributed by atoms with E-state index in [2.05, 4.69) is 28.8 Å². The van der Waals surface area contributed by atoms with E-state index in [0.29, 0.717) is 17.3 Å². The molecule has 0 saturated heterocycles. The molecule has 7 heteroatoms. The lowest BCUT2D eigenvalue weighted by Gasteiger charge is -2.39. The molecular weight excluding hydrogens is 338 g/mol. The van der Waals surface area contributed by atoms with Crippen molar-refractivity contribution in [1.82, 2.24) is 10.2 Å². The van der Waals surface area contributed by atoms with Crippen LogP contribution in [-0.4, -0.2) is 50.7 Å². The molecule has 0 heterocycles. The summed E-state index contributed by atoms with van der Waals surface area (Å²) in [6.45, 7) is 6.29. The minimum atomic E-state index is -3.31. The molecule has 1 aromatic rings. The number of nitrogens with one attached hydrogen (secondary N) is 2. The molecule has 1 aliphatic rings. The van der Waals surface area contributed by atoms with Crippen LogP contribution in [0, 0.1) is 0 Å². The van der Waals surface area contributed by atoms with E-state index in [1.54, 1.807) is 24.3 Å². The summed E-state index contributed by atoms with van der Waals surface area (Å²) in [5, 5.41) is 3.18. The lowest BCUT2D eigenvalue weighted by Crippen LogP contribution is -2.53. The molecule has 140 valence electrons. The highest BCUT2D eigenvalue weighted by atomic mass is 32.2. The Morgan fingerprint density at radius 3 is 2.28 bits per heavy atom. The molecule has 25 heavy (non-hydrogen) atoms. The predicted molar refractivity (Wildman–Crippen MR) is 101 cm³/mol. The topological polar surface area (TPSA) is 78.5 Å². The molecule has 1 saturated carbocycles. The zero-order valence-corrected chi connectivity index (χ0v) is 16.1. The van der Waals surface area contributed by atoms with Gasteiger partial charge < -0.3 is 5.32 Å². The van der Waals surface area contributed by atoms with Gasteiger partial charge in [0.1, 0.15) is 0 Å². The highest BCUT2D eigenvalue weighted by Gasteiger charge is 2.30. The zero-order chi connectivity index (χ0) is 18.4. The number of anilines is 1. The quantitative estimate of drug-likeness (QED) is 0.776. The van der Waals surface area contributed by atoms with Gasteiger partial charge in [-0.1, -0.05) is 26.7 Å². The molecule has 1 aromatic carbocycles. The Balaban J connectivity index is 2.04. The van der Waals surface area contributed by atoms with Crippen LogP contribution in [0.3, 0.4) is 0 Å². The number of sulfonamides is 1. The monoisotopic (exact) mass is 367 g/mol. The second kappa shape index (κ2) is 8.67. The number of likely N-dealkylation sites (N-methyl/N-ethyl adjacent to an activating group) is 1. The van der Waals surface area contributed by atoms with E-state index in [-0.39, 0.29) is 11.9 Å². The van der Waals surface area contributed by atoms with Gasteiger partial charge in [0.25, 0.3) is 5.91 Å². The van der Waals surface area contributed by atoms with Crippen LogP contribution in [0.1, 0.15) is 49.9 Å². The summed E-state index contributed by atoms with van der Waals surface area (Å²) < 4.78 is 24.9. The van der Waals surface area contributed by atoms with E-state index in [9.17, 15) is 13.2 Å². The second-order valence-electron chi connectivity index (χ2n) is 6.60. The summed E-state index contributed by atoms with van der Waals surface area (Å²) in [6, 6.07) is 7.07. The number of benzene rings is 1. The molecule has 2 N–H and O–H groups in total. The van der Waals surface area contributed by atoms with E-state index in [1.165, 1.54) is 6.42 Å². The van der Waals surface area contributed by atoms with Gasteiger partial charge >= 0.3 is 0 Å². The van der Waals surface area contributed by atoms with Crippen molar-refractivity contribution in [2.45, 2.75) is 51.6 Å². The molecule has 0 aliphatic heterocycles. The fourth-order valence-electron chi connectivity index (χ4n) is 3.56. The van der Waals surface area contributed by atoms with Crippen LogP contribution in [0.4, 0.5) is 5.69 Å². The fourth-order valence-corrected chi connectivity index (χ4v) is 4.13. The van der Waals surface area contributed by atoms with Crippen molar-refractivity contribution in [3.8, 4) is 0 Å². The molecule has 0 aromatic heterocycles. The maximum atomic E-state index is 12.6. The lowest BCUT2D eigenvalue weighted by atomic mass is 9.88. The first kappa shape index (κ1) is 19.7. The number of amides is 1. The Bertz CT molecular complexity index is 669. The number of carbonyl (C=O) groups excluding carboxylic acids is 1. The van der Waals surface area contributed by atoms with Crippen LogP contribution in [-0.2, 0) is 10.0 Å². The third kappa shape index (κ3) is 5.71. The van der Waals surface area contributed by atoms with Crippen LogP contribution < -0.4 is 10.0 Å². The third-order valence-electron chi connectivity index (χ3n) is 4.78. The van der Waals surface area contributed by atoms with Crippen LogP contribution >= 0.6 is 0 Å². The highest BCUT2D eigenvalue weighted by Crippen LogP contribution is 2.23. The van der Waals surface area contributed by atoms with Crippen LogP contribution in [0.5, 0.6) is 0 Å². The van der Waals surface area contributed by atoms with Crippen molar-refractivity contribution in [2.75, 3.05) is 24.1 Å². The van der Waals surface area contributed by atoms with Gasteiger partial charge in [0.15, 0.2) is 0 Å². The van der Waals surface area contributed by atoms with Gasteiger partial charge in [-0.3, -0.25) is 14.4 Å². The standard InChI is InChI=1S/C18H29N3O3S/c1-4-21(5-2)17-9-7-6-8-16(17)19-18(22)14-10-12-15(13-11-14)20-25(3,23)24/h10-13,16-17,20H,4-9H2,1-3H3,(H,19,22)/t16-,17-/m1/s1.